The number of nitrogens with zero attached hydrogens (tertiary/aromatic N) is 2. The second-order valence-corrected chi connectivity index (χ2v) is 11.6. The van der Waals surface area contributed by atoms with Crippen molar-refractivity contribution in [2.24, 2.45) is 0 Å². The van der Waals surface area contributed by atoms with Gasteiger partial charge in [-0.05, 0) is 98.4 Å². The first kappa shape index (κ1) is 31.3. The summed E-state index contributed by atoms with van der Waals surface area (Å²) in [6.07, 6.45) is 10.9. The molecule has 6 rings (SSSR count). The van der Waals surface area contributed by atoms with Crippen molar-refractivity contribution in [1.82, 2.24) is 5.06 Å². The Labute approximate surface area is 269 Å². The van der Waals surface area contributed by atoms with Crippen LogP contribution in [0.2, 0.25) is 0 Å². The lowest BCUT2D eigenvalue weighted by molar-refractivity contribution is -0.397. The lowest BCUT2D eigenvalue weighted by atomic mass is 9.81. The van der Waals surface area contributed by atoms with Gasteiger partial charge in [-0.15, -0.1) is 0 Å². The molecule has 2 aliphatic carbocycles. The number of ether oxygens (including phenoxy) is 6. The SMILES string of the molecule is COc1cc(C2=CC3=C(CCCC3)C(=C3C4=C(C=C(c5cc(OC)c(OC)c(OC)c5)[N+]3=O)CCCC4)N2[O-])cc(OC)c1OC. The van der Waals surface area contributed by atoms with E-state index < -0.39 is 0 Å². The van der Waals surface area contributed by atoms with E-state index in [0.717, 1.165) is 70.6 Å². The van der Waals surface area contributed by atoms with Crippen LogP contribution < -0.4 is 28.4 Å². The van der Waals surface area contributed by atoms with Crippen LogP contribution in [-0.4, -0.2) is 52.5 Å². The van der Waals surface area contributed by atoms with E-state index in [4.69, 9.17) is 28.4 Å². The van der Waals surface area contributed by atoms with Gasteiger partial charge in [0.25, 0.3) is 11.4 Å². The molecular weight excluding hydrogens is 588 g/mol. The predicted octanol–water partition coefficient (Wildman–Crippen LogP) is 7.68. The molecule has 0 atom stereocenters. The Kier molecular flexibility index (Phi) is 8.82. The van der Waals surface area contributed by atoms with Gasteiger partial charge in [-0.3, -0.25) is 0 Å². The first-order valence-corrected chi connectivity index (χ1v) is 15.6. The molecule has 242 valence electrons. The third kappa shape index (κ3) is 5.20. The average Bonchev–Trinajstić information content (AvgIpc) is 3.10. The molecule has 2 aromatic rings. The average molecular weight is 629 g/mol. The van der Waals surface area contributed by atoms with E-state index in [1.54, 1.807) is 66.9 Å². The number of hydrogen-bond acceptors (Lipinski definition) is 9. The van der Waals surface area contributed by atoms with Crippen LogP contribution in [0.1, 0.15) is 62.5 Å². The fourth-order valence-electron chi connectivity index (χ4n) is 6.99. The van der Waals surface area contributed by atoms with E-state index in [0.29, 0.717) is 81.3 Å². The summed E-state index contributed by atoms with van der Waals surface area (Å²) in [5.41, 5.74) is 6.84. The van der Waals surface area contributed by atoms with Crippen LogP contribution in [0.4, 0.5) is 0 Å². The second-order valence-electron chi connectivity index (χ2n) is 11.6. The molecule has 10 nitrogen and oxygen atoms in total. The van der Waals surface area contributed by atoms with Gasteiger partial charge in [0.15, 0.2) is 23.0 Å². The summed E-state index contributed by atoms with van der Waals surface area (Å²) in [5.74, 6) is 2.64. The van der Waals surface area contributed by atoms with Crippen molar-refractivity contribution < 1.29 is 33.2 Å². The van der Waals surface area contributed by atoms with Gasteiger partial charge in [0.2, 0.25) is 11.5 Å². The van der Waals surface area contributed by atoms with Gasteiger partial charge < -0.3 is 38.7 Å². The summed E-state index contributed by atoms with van der Waals surface area (Å²) >= 11 is 0. The van der Waals surface area contributed by atoms with Crippen LogP contribution in [0.25, 0.3) is 11.4 Å². The van der Waals surface area contributed by atoms with Crippen LogP contribution in [-0.2, 0) is 0 Å². The highest BCUT2D eigenvalue weighted by Gasteiger charge is 2.42. The summed E-state index contributed by atoms with van der Waals surface area (Å²) in [6, 6.07) is 7.10. The summed E-state index contributed by atoms with van der Waals surface area (Å²) in [5, 5.41) is 15.7. The normalized spacial score (nSPS) is 19.6. The molecule has 4 aliphatic rings. The minimum Gasteiger partial charge on any atom is -0.754 e. The quantitative estimate of drug-likeness (QED) is 0.272. The third-order valence-electron chi connectivity index (χ3n) is 9.20. The Morgan fingerprint density at radius 3 is 1.57 bits per heavy atom. The van der Waals surface area contributed by atoms with Crippen molar-refractivity contribution >= 4 is 11.4 Å². The maximum absolute atomic E-state index is 14.8. The molecule has 2 aromatic carbocycles. The summed E-state index contributed by atoms with van der Waals surface area (Å²) in [7, 11) is 9.28. The molecule has 0 bridgehead atoms. The molecule has 2 heterocycles. The number of methoxy groups -OCH3 is 6. The van der Waals surface area contributed by atoms with Gasteiger partial charge in [-0.25, -0.2) is 0 Å². The van der Waals surface area contributed by atoms with Crippen molar-refractivity contribution in [3.05, 3.63) is 91.3 Å². The van der Waals surface area contributed by atoms with Crippen molar-refractivity contribution in [1.29, 1.82) is 0 Å². The van der Waals surface area contributed by atoms with Gasteiger partial charge in [0, 0.05) is 27.8 Å². The molecule has 46 heavy (non-hydrogen) atoms. The number of nitroso groups, excluding NO2 is 1. The maximum Gasteiger partial charge on any atom is 0.289 e. The molecule has 0 amide bonds. The molecule has 10 heteroatoms. The third-order valence-corrected chi connectivity index (χ3v) is 9.20. The number of benzene rings is 2. The molecule has 0 radical (unpaired) electrons. The minimum absolute atomic E-state index is 0.406. The lowest BCUT2D eigenvalue weighted by Gasteiger charge is -2.42. The lowest BCUT2D eigenvalue weighted by Crippen LogP contribution is -2.29. The van der Waals surface area contributed by atoms with E-state index >= 15 is 0 Å². The molecule has 2 aliphatic heterocycles. The largest absolute Gasteiger partial charge is 0.754 e. The van der Waals surface area contributed by atoms with Crippen molar-refractivity contribution in [3.8, 4) is 34.5 Å². The molecule has 0 fully saturated rings. The zero-order valence-corrected chi connectivity index (χ0v) is 27.3. The number of rotatable bonds is 8. The smallest absolute Gasteiger partial charge is 0.289 e. The molecular formula is C36H40N2O8. The van der Waals surface area contributed by atoms with Crippen LogP contribution in [0.15, 0.2) is 70.1 Å². The van der Waals surface area contributed by atoms with Crippen LogP contribution in [0, 0.1) is 10.1 Å². The van der Waals surface area contributed by atoms with E-state index in [1.165, 1.54) is 0 Å². The summed E-state index contributed by atoms with van der Waals surface area (Å²) < 4.78 is 34.5. The van der Waals surface area contributed by atoms with E-state index in [-0.39, 0.29) is 0 Å². The van der Waals surface area contributed by atoms with E-state index in [2.05, 4.69) is 0 Å². The van der Waals surface area contributed by atoms with Crippen LogP contribution >= 0.6 is 0 Å². The van der Waals surface area contributed by atoms with E-state index in [1.807, 2.05) is 12.2 Å². The zero-order valence-electron chi connectivity index (χ0n) is 27.3. The highest BCUT2D eigenvalue weighted by molar-refractivity contribution is 5.78. The molecule has 0 saturated carbocycles. The van der Waals surface area contributed by atoms with Crippen molar-refractivity contribution in [2.45, 2.75) is 51.4 Å². The zero-order chi connectivity index (χ0) is 32.5. The number of allylic oxidation sites excluding steroid dienone is 6. The Morgan fingerprint density at radius 2 is 1.07 bits per heavy atom. The van der Waals surface area contributed by atoms with Gasteiger partial charge in [0.05, 0.1) is 53.0 Å². The van der Waals surface area contributed by atoms with Crippen LogP contribution in [0.5, 0.6) is 34.5 Å². The highest BCUT2D eigenvalue weighted by Crippen LogP contribution is 2.50. The molecule has 0 spiro atoms. The van der Waals surface area contributed by atoms with Crippen LogP contribution in [0.3, 0.4) is 0 Å². The van der Waals surface area contributed by atoms with Crippen molar-refractivity contribution in [2.75, 3.05) is 42.7 Å². The summed E-state index contributed by atoms with van der Waals surface area (Å²) in [4.78, 5) is 14.8. The minimum atomic E-state index is 0.406. The second kappa shape index (κ2) is 13.0. The first-order chi connectivity index (χ1) is 22.4. The summed E-state index contributed by atoms with van der Waals surface area (Å²) in [6.45, 7) is 0. The number of hydroxylamine groups is 2. The van der Waals surface area contributed by atoms with Crippen molar-refractivity contribution in [3.63, 3.8) is 0 Å². The standard InChI is InChI=1S/C36H40N2O8/c1-41-29-17-23(18-30(42-2)35(29)45-5)27-15-21-11-7-9-13-25(21)33(37(27)39)34-26-14-10-8-12-22(26)16-28(38(34)40)24-19-31(43-3)36(46-6)32(20-24)44-4/h15-20H,7-14H2,1-6H3. The maximum atomic E-state index is 14.8. The monoisotopic (exact) mass is 628 g/mol. The van der Waals surface area contributed by atoms with Gasteiger partial charge >= 0.3 is 0 Å². The first-order valence-electron chi connectivity index (χ1n) is 15.6. The van der Waals surface area contributed by atoms with E-state index in [9.17, 15) is 10.1 Å². The van der Waals surface area contributed by atoms with Gasteiger partial charge in [0.1, 0.15) is 5.70 Å². The molecule has 0 unspecified atom stereocenters. The fourth-order valence-corrected chi connectivity index (χ4v) is 6.99. The molecule has 0 N–H and O–H groups in total. The fraction of sp³-hybridized carbons (Fsp3) is 0.389. The topological polar surface area (TPSA) is 102 Å². The molecule has 0 saturated heterocycles. The van der Waals surface area contributed by atoms with Gasteiger partial charge in [-0.1, -0.05) is 0 Å². The highest BCUT2D eigenvalue weighted by atomic mass is 16.5. The van der Waals surface area contributed by atoms with Gasteiger partial charge in [-0.2, -0.15) is 0 Å². The Bertz CT molecular complexity index is 1700. The Balaban J connectivity index is 1.58. The Morgan fingerprint density at radius 1 is 0.609 bits per heavy atom. The predicted molar refractivity (Wildman–Crippen MR) is 175 cm³/mol. The number of hydrogen-bond donors (Lipinski definition) is 0. The molecule has 0 aromatic heterocycles. The Hall–Kier alpha value is -4.70.